The zero-order valence-corrected chi connectivity index (χ0v) is 22.2. The number of fused-ring (bicyclic) bond motifs is 2. The third kappa shape index (κ3) is 3.97. The maximum absolute atomic E-state index is 13.6. The van der Waals surface area contributed by atoms with Crippen LogP contribution >= 0.6 is 0 Å². The first-order valence-electron chi connectivity index (χ1n) is 16.9. The standard InChI is InChI=1S/C28H33N9O4/c1-14-18-8-9-22(33-24(18)37(34-14)28(25(29)38)12-19(28)15-4-5-15)32-23-11-20-21(13-30-23)35(2)27(40)36(20)17-7-6-16(10-17)31-26(39)41-3/h8-9,11,13,15-17,19H,4-7,10,12H2,1-3H3,(H2,29,38)(H,31,39)(H,30,32,33)/t16-,17-,19-,28+/m1/s1/i1D3,2D3,16D. The Morgan fingerprint density at radius 1 is 1.22 bits per heavy atom. The second kappa shape index (κ2) is 9.05. The van der Waals surface area contributed by atoms with Crippen LogP contribution in [0.5, 0.6) is 0 Å². The van der Waals surface area contributed by atoms with Crippen LogP contribution in [0.3, 0.4) is 0 Å². The van der Waals surface area contributed by atoms with Crippen LogP contribution in [0, 0.1) is 18.7 Å². The molecule has 0 unspecified atom stereocenters. The van der Waals surface area contributed by atoms with Crippen molar-refractivity contribution in [3.63, 3.8) is 0 Å². The number of imidazole rings is 1. The molecular weight excluding hydrogens is 526 g/mol. The van der Waals surface area contributed by atoms with Crippen LogP contribution in [0.25, 0.3) is 22.1 Å². The summed E-state index contributed by atoms with van der Waals surface area (Å²) in [6.45, 7) is -5.42. The van der Waals surface area contributed by atoms with E-state index in [4.69, 9.17) is 15.3 Å². The van der Waals surface area contributed by atoms with E-state index in [1.807, 2.05) is 0 Å². The number of rotatable bonds is 7. The van der Waals surface area contributed by atoms with Crippen molar-refractivity contribution in [1.82, 2.24) is 34.2 Å². The van der Waals surface area contributed by atoms with Gasteiger partial charge in [0.2, 0.25) is 5.91 Å². The smallest absolute Gasteiger partial charge is 0.407 e. The van der Waals surface area contributed by atoms with E-state index in [2.05, 4.69) is 30.4 Å². The minimum atomic E-state index is -2.83. The molecule has 4 aromatic rings. The molecule has 41 heavy (non-hydrogen) atoms. The highest BCUT2D eigenvalue weighted by Crippen LogP contribution is 2.61. The predicted octanol–water partition coefficient (Wildman–Crippen LogP) is 2.59. The van der Waals surface area contributed by atoms with Gasteiger partial charge in [0, 0.05) is 38.7 Å². The molecule has 0 bridgehead atoms. The molecule has 4 N–H and O–H groups in total. The number of anilines is 2. The van der Waals surface area contributed by atoms with Crippen molar-refractivity contribution < 1.29 is 23.9 Å². The van der Waals surface area contributed by atoms with Gasteiger partial charge >= 0.3 is 11.8 Å². The van der Waals surface area contributed by atoms with Gasteiger partial charge < -0.3 is 21.1 Å². The quantitative estimate of drug-likeness (QED) is 0.307. The molecule has 3 saturated carbocycles. The molecule has 13 heteroatoms. The molecule has 0 aliphatic heterocycles. The lowest BCUT2D eigenvalue weighted by Crippen LogP contribution is -2.37. The number of primary amides is 1. The van der Waals surface area contributed by atoms with Crippen LogP contribution in [-0.4, -0.2) is 54.0 Å². The molecular formula is C28H33N9O4. The number of carbonyl (C=O) groups is 2. The number of nitrogens with zero attached hydrogens (tertiary/aromatic N) is 6. The summed E-state index contributed by atoms with van der Waals surface area (Å²) in [4.78, 5) is 47.3. The summed E-state index contributed by atoms with van der Waals surface area (Å²) in [5, 5.41) is 10.2. The molecule has 7 rings (SSSR count). The molecule has 3 aliphatic rings. The average Bonchev–Trinajstić information content (AvgIpc) is 3.87. The van der Waals surface area contributed by atoms with Crippen molar-refractivity contribution in [2.45, 2.75) is 63.0 Å². The number of aryl methyl sites for hydroxylation is 2. The van der Waals surface area contributed by atoms with Gasteiger partial charge in [-0.2, -0.15) is 5.10 Å². The predicted molar refractivity (Wildman–Crippen MR) is 151 cm³/mol. The van der Waals surface area contributed by atoms with Gasteiger partial charge in [-0.05, 0) is 69.3 Å². The van der Waals surface area contributed by atoms with E-state index in [9.17, 15) is 14.4 Å². The minimum Gasteiger partial charge on any atom is -0.453 e. The van der Waals surface area contributed by atoms with Crippen LogP contribution in [0.15, 0.2) is 29.2 Å². The summed E-state index contributed by atoms with van der Waals surface area (Å²) < 4.78 is 64.9. The molecule has 0 saturated heterocycles. The van der Waals surface area contributed by atoms with E-state index in [0.29, 0.717) is 23.3 Å². The summed E-state index contributed by atoms with van der Waals surface area (Å²) in [6.07, 6.45) is 3.33. The van der Waals surface area contributed by atoms with Crippen LogP contribution in [0.1, 0.15) is 59.9 Å². The molecule has 2 amide bonds. The Labute approximate surface area is 244 Å². The van der Waals surface area contributed by atoms with E-state index in [0.717, 1.165) is 12.8 Å². The van der Waals surface area contributed by atoms with Gasteiger partial charge in [0.15, 0.2) is 5.65 Å². The van der Waals surface area contributed by atoms with Crippen molar-refractivity contribution in [2.24, 2.45) is 24.5 Å². The number of hydrogen-bond donors (Lipinski definition) is 3. The van der Waals surface area contributed by atoms with Gasteiger partial charge in [-0.1, -0.05) is 0 Å². The first kappa shape index (κ1) is 18.8. The van der Waals surface area contributed by atoms with Crippen molar-refractivity contribution in [2.75, 3.05) is 12.4 Å². The van der Waals surface area contributed by atoms with Crippen molar-refractivity contribution in [3.05, 3.63) is 40.6 Å². The Hall–Kier alpha value is -4.42. The number of nitrogens with two attached hydrogens (primary N) is 1. The zero-order chi connectivity index (χ0) is 34.6. The number of carbonyl (C=O) groups excluding carboxylic acids is 2. The van der Waals surface area contributed by atoms with Crippen molar-refractivity contribution in [1.29, 1.82) is 0 Å². The van der Waals surface area contributed by atoms with Gasteiger partial charge in [-0.15, -0.1) is 0 Å². The fraction of sp³-hybridized carbons (Fsp3) is 0.500. The highest BCUT2D eigenvalue weighted by molar-refractivity contribution is 5.90. The fourth-order valence-corrected chi connectivity index (χ4v) is 6.33. The maximum atomic E-state index is 13.6. The second-order valence-corrected chi connectivity index (χ2v) is 11.1. The summed E-state index contributed by atoms with van der Waals surface area (Å²) in [6, 6.07) is 2.50. The third-order valence-electron chi connectivity index (χ3n) is 8.62. The zero-order valence-electron chi connectivity index (χ0n) is 29.2. The highest BCUT2D eigenvalue weighted by Gasteiger charge is 2.66. The lowest BCUT2D eigenvalue weighted by atomic mass is 10.1. The Morgan fingerprint density at radius 3 is 2.80 bits per heavy atom. The molecule has 214 valence electrons. The van der Waals surface area contributed by atoms with E-state index in [1.54, 1.807) is 6.07 Å². The lowest BCUT2D eigenvalue weighted by Gasteiger charge is -2.16. The van der Waals surface area contributed by atoms with Crippen LogP contribution in [0.4, 0.5) is 16.4 Å². The summed E-state index contributed by atoms with van der Waals surface area (Å²) in [5.74, 6) is 0.0393. The second-order valence-electron chi connectivity index (χ2n) is 11.1. The molecule has 4 atom stereocenters. The molecule has 3 aliphatic carbocycles. The van der Waals surface area contributed by atoms with E-state index < -0.39 is 49.1 Å². The molecule has 0 spiro atoms. The van der Waals surface area contributed by atoms with Crippen LogP contribution in [-0.2, 0) is 22.0 Å². The van der Waals surface area contributed by atoms with Gasteiger partial charge in [0.25, 0.3) is 0 Å². The first-order chi connectivity index (χ1) is 22.5. The summed E-state index contributed by atoms with van der Waals surface area (Å²) in [7, 11) is 1.18. The summed E-state index contributed by atoms with van der Waals surface area (Å²) >= 11 is 0. The van der Waals surface area contributed by atoms with Crippen molar-refractivity contribution in [3.8, 4) is 0 Å². The minimum absolute atomic E-state index is 0.0186. The Balaban J connectivity index is 1.29. The maximum Gasteiger partial charge on any atom is 0.407 e. The number of nitrogens with one attached hydrogen (secondary N) is 2. The molecule has 13 nitrogen and oxygen atoms in total. The number of ether oxygens (including phenoxy) is 1. The SMILES string of the molecule is [2H]C([2H])([2H])c1nn([C@@]2(C(N)=O)C[C@@H]2C2CC2)c2nc(Nc3cc4c(cn3)n(C([2H])([2H])[2H])c(=O)n4[C@@H]3CC[C@@]([2H])(NC(=O)OC)C3)ccc12. The molecule has 0 aromatic carbocycles. The normalized spacial score (nSPS) is 30.4. The van der Waals surface area contributed by atoms with E-state index in [-0.39, 0.29) is 58.2 Å². The van der Waals surface area contributed by atoms with Gasteiger partial charge in [-0.3, -0.25) is 13.9 Å². The molecule has 4 heterocycles. The van der Waals surface area contributed by atoms with Crippen LogP contribution in [0.2, 0.25) is 0 Å². The third-order valence-corrected chi connectivity index (χ3v) is 8.62. The first-order valence-corrected chi connectivity index (χ1v) is 13.4. The highest BCUT2D eigenvalue weighted by atomic mass is 16.5. The van der Waals surface area contributed by atoms with Gasteiger partial charge in [-0.25, -0.2) is 24.2 Å². The van der Waals surface area contributed by atoms with E-state index >= 15 is 0 Å². The van der Waals surface area contributed by atoms with Crippen LogP contribution < -0.4 is 22.1 Å². The number of methoxy groups -OCH3 is 1. The molecule has 3 fully saturated rings. The van der Waals surface area contributed by atoms with Gasteiger partial charge in [0.05, 0.1) is 31.4 Å². The Kier molecular flexibility index (Phi) is 4.16. The summed E-state index contributed by atoms with van der Waals surface area (Å²) in [5.41, 5.74) is 4.14. The fourth-order valence-electron chi connectivity index (χ4n) is 6.33. The monoisotopic (exact) mass is 566 g/mol. The molecule has 4 aromatic heterocycles. The Morgan fingerprint density at radius 2 is 2.07 bits per heavy atom. The topological polar surface area (TPSA) is 164 Å². The van der Waals surface area contributed by atoms with Gasteiger partial charge in [0.1, 0.15) is 17.2 Å². The van der Waals surface area contributed by atoms with Crippen molar-refractivity contribution >= 4 is 45.7 Å². The average molecular weight is 567 g/mol. The molecule has 0 radical (unpaired) electrons. The number of aromatic nitrogens is 6. The largest absolute Gasteiger partial charge is 0.453 e. The van der Waals surface area contributed by atoms with E-state index in [1.165, 1.54) is 34.7 Å². The number of alkyl carbamates (subject to hydrolysis) is 1. The number of pyridine rings is 2. The lowest BCUT2D eigenvalue weighted by molar-refractivity contribution is -0.123. The number of hydrogen-bond acceptors (Lipinski definition) is 8. The number of amides is 2. The Bertz CT molecular complexity index is 2050.